The summed E-state index contributed by atoms with van der Waals surface area (Å²) in [5, 5.41) is 16.7. The number of para-hydroxylation sites is 2. The molecule has 2 aromatic rings. The van der Waals surface area contributed by atoms with E-state index in [1.807, 2.05) is 42.5 Å². The van der Waals surface area contributed by atoms with Gasteiger partial charge in [-0.25, -0.2) is 4.99 Å². The lowest BCUT2D eigenvalue weighted by Crippen LogP contribution is -2.53. The van der Waals surface area contributed by atoms with Crippen molar-refractivity contribution in [1.29, 1.82) is 0 Å². The van der Waals surface area contributed by atoms with Gasteiger partial charge in [-0.15, -0.1) is 5.11 Å². The van der Waals surface area contributed by atoms with Crippen LogP contribution in [0.4, 0.5) is 11.4 Å². The number of nitrogens with zero attached hydrogens (tertiary/aromatic N) is 3. The van der Waals surface area contributed by atoms with Crippen molar-refractivity contribution >= 4 is 28.8 Å². The second-order valence-electron chi connectivity index (χ2n) is 6.44. The molecule has 2 aromatic carbocycles. The molecule has 2 aliphatic heterocycles. The summed E-state index contributed by atoms with van der Waals surface area (Å²) >= 11 is 6.03. The number of piperidine rings is 1. The molecule has 0 atom stereocenters. The highest BCUT2D eigenvalue weighted by Crippen LogP contribution is 2.37. The first-order valence-electron chi connectivity index (χ1n) is 8.54. The van der Waals surface area contributed by atoms with Gasteiger partial charge >= 0.3 is 0 Å². The lowest BCUT2D eigenvalue weighted by molar-refractivity contribution is 0.417. The van der Waals surface area contributed by atoms with E-state index in [1.54, 1.807) is 0 Å². The van der Waals surface area contributed by atoms with Crippen LogP contribution in [-0.4, -0.2) is 24.5 Å². The highest BCUT2D eigenvalue weighted by molar-refractivity contribution is 6.30. The number of nitrogens with one attached hydrogen (secondary N) is 2. The number of hydrogen-bond donors (Lipinski definition) is 2. The number of anilines is 1. The van der Waals surface area contributed by atoms with E-state index in [0.717, 1.165) is 48.7 Å². The molecular formula is C19H20ClN5. The Morgan fingerprint density at radius 2 is 1.92 bits per heavy atom. The van der Waals surface area contributed by atoms with Crippen LogP contribution in [0.5, 0.6) is 0 Å². The van der Waals surface area contributed by atoms with Crippen molar-refractivity contribution in [1.82, 2.24) is 5.32 Å². The van der Waals surface area contributed by atoms with Crippen LogP contribution >= 0.6 is 11.6 Å². The minimum absolute atomic E-state index is 0.239. The van der Waals surface area contributed by atoms with Gasteiger partial charge in [0.15, 0.2) is 5.84 Å². The first-order valence-corrected chi connectivity index (χ1v) is 8.92. The van der Waals surface area contributed by atoms with Crippen molar-refractivity contribution in [2.24, 2.45) is 15.2 Å². The van der Waals surface area contributed by atoms with Crippen LogP contribution < -0.4 is 10.6 Å². The third-order valence-electron chi connectivity index (χ3n) is 4.70. The summed E-state index contributed by atoms with van der Waals surface area (Å²) in [5.41, 5.74) is 2.79. The molecule has 0 saturated carbocycles. The number of rotatable bonds is 2. The first-order chi connectivity index (χ1) is 12.3. The van der Waals surface area contributed by atoms with Gasteiger partial charge in [0.05, 0.1) is 17.9 Å². The number of halogens is 1. The molecular weight excluding hydrogens is 334 g/mol. The van der Waals surface area contributed by atoms with Crippen molar-refractivity contribution in [2.45, 2.75) is 24.9 Å². The van der Waals surface area contributed by atoms with Gasteiger partial charge in [0.2, 0.25) is 0 Å². The summed E-state index contributed by atoms with van der Waals surface area (Å²) < 4.78 is 0. The second kappa shape index (κ2) is 6.94. The summed E-state index contributed by atoms with van der Waals surface area (Å²) in [5.74, 6) is 0.773. The zero-order chi connectivity index (χ0) is 17.1. The maximum absolute atomic E-state index is 6.03. The molecule has 4 rings (SSSR count). The van der Waals surface area contributed by atoms with E-state index in [4.69, 9.17) is 16.6 Å². The van der Waals surface area contributed by atoms with Gasteiger partial charge in [-0.3, -0.25) is 0 Å². The predicted octanol–water partition coefficient (Wildman–Crippen LogP) is 4.57. The molecule has 0 amide bonds. The smallest absolute Gasteiger partial charge is 0.176 e. The zero-order valence-corrected chi connectivity index (χ0v) is 14.6. The van der Waals surface area contributed by atoms with Crippen molar-refractivity contribution < 1.29 is 0 Å². The largest absolute Gasteiger partial charge is 0.371 e. The van der Waals surface area contributed by atoms with E-state index in [-0.39, 0.29) is 5.54 Å². The van der Waals surface area contributed by atoms with Crippen LogP contribution in [0.25, 0.3) is 0 Å². The Balaban J connectivity index is 1.62. The molecule has 2 N–H and O–H groups in total. The SMILES string of the molecule is Clc1cccc(CN=NC2=Nc3ccccc3NC23CCNCC3)c1. The van der Waals surface area contributed by atoms with Crippen LogP contribution in [0, 0.1) is 0 Å². The minimum Gasteiger partial charge on any atom is -0.371 e. The van der Waals surface area contributed by atoms with Gasteiger partial charge in [-0.1, -0.05) is 35.9 Å². The molecule has 25 heavy (non-hydrogen) atoms. The monoisotopic (exact) mass is 353 g/mol. The molecule has 1 spiro atoms. The highest BCUT2D eigenvalue weighted by Gasteiger charge is 2.40. The molecule has 0 aromatic heterocycles. The Hall–Kier alpha value is -2.24. The molecule has 1 fully saturated rings. The van der Waals surface area contributed by atoms with Gasteiger partial charge in [0.1, 0.15) is 5.54 Å². The van der Waals surface area contributed by atoms with Crippen molar-refractivity contribution in [3.63, 3.8) is 0 Å². The molecule has 2 aliphatic rings. The lowest BCUT2D eigenvalue weighted by Gasteiger charge is -2.40. The van der Waals surface area contributed by atoms with Crippen molar-refractivity contribution in [2.75, 3.05) is 18.4 Å². The summed E-state index contributed by atoms with van der Waals surface area (Å²) in [7, 11) is 0. The average Bonchev–Trinajstić information content (AvgIpc) is 2.63. The molecule has 128 valence electrons. The van der Waals surface area contributed by atoms with Crippen LogP contribution in [0.2, 0.25) is 5.02 Å². The summed E-state index contributed by atoms with van der Waals surface area (Å²) in [4.78, 5) is 4.81. The Morgan fingerprint density at radius 1 is 1.08 bits per heavy atom. The zero-order valence-electron chi connectivity index (χ0n) is 13.9. The summed E-state index contributed by atoms with van der Waals surface area (Å²) in [6.45, 7) is 2.38. The molecule has 0 unspecified atom stereocenters. The van der Waals surface area contributed by atoms with Crippen LogP contribution in [0.3, 0.4) is 0 Å². The molecule has 0 aliphatic carbocycles. The first kappa shape index (κ1) is 16.2. The van der Waals surface area contributed by atoms with Gasteiger partial charge < -0.3 is 10.6 Å². The van der Waals surface area contributed by atoms with Gasteiger partial charge in [0, 0.05) is 5.02 Å². The summed E-state index contributed by atoms with van der Waals surface area (Å²) in [6.07, 6.45) is 1.88. The van der Waals surface area contributed by atoms with Gasteiger partial charge in [0.25, 0.3) is 0 Å². The van der Waals surface area contributed by atoms with Crippen LogP contribution in [0.1, 0.15) is 18.4 Å². The number of fused-ring (bicyclic) bond motifs is 1. The van der Waals surface area contributed by atoms with E-state index in [9.17, 15) is 0 Å². The Kier molecular flexibility index (Phi) is 4.51. The number of benzene rings is 2. The molecule has 0 bridgehead atoms. The second-order valence-corrected chi connectivity index (χ2v) is 6.88. The fourth-order valence-electron chi connectivity index (χ4n) is 3.35. The molecule has 1 saturated heterocycles. The maximum atomic E-state index is 6.03. The maximum Gasteiger partial charge on any atom is 0.176 e. The third kappa shape index (κ3) is 3.43. The van der Waals surface area contributed by atoms with E-state index >= 15 is 0 Å². The highest BCUT2D eigenvalue weighted by atomic mass is 35.5. The number of azo groups is 1. The molecule has 5 nitrogen and oxygen atoms in total. The quantitative estimate of drug-likeness (QED) is 0.777. The van der Waals surface area contributed by atoms with E-state index in [2.05, 4.69) is 26.9 Å². The lowest BCUT2D eigenvalue weighted by atomic mass is 9.85. The average molecular weight is 354 g/mol. The third-order valence-corrected chi connectivity index (χ3v) is 4.93. The predicted molar refractivity (Wildman–Crippen MR) is 102 cm³/mol. The van der Waals surface area contributed by atoms with Gasteiger partial charge in [-0.05, 0) is 55.8 Å². The molecule has 6 heteroatoms. The molecule has 2 heterocycles. The number of amidine groups is 1. The minimum atomic E-state index is -0.239. The van der Waals surface area contributed by atoms with Crippen molar-refractivity contribution in [3.05, 3.63) is 59.1 Å². The fraction of sp³-hybridized carbons (Fsp3) is 0.316. The Bertz CT molecular complexity index is 824. The standard InChI is InChI=1S/C19H20ClN5/c20-15-5-3-4-14(12-15)13-22-25-18-19(8-10-21-11-9-19)24-17-7-2-1-6-16(17)23-18/h1-7,12,21,24H,8-11,13H2. The fourth-order valence-corrected chi connectivity index (χ4v) is 3.56. The summed E-state index contributed by atoms with van der Waals surface area (Å²) in [6, 6.07) is 15.8. The Morgan fingerprint density at radius 3 is 2.76 bits per heavy atom. The topological polar surface area (TPSA) is 61.1 Å². The Labute approximate surface area is 152 Å². The van der Waals surface area contributed by atoms with Crippen LogP contribution in [-0.2, 0) is 6.54 Å². The van der Waals surface area contributed by atoms with E-state index in [1.165, 1.54) is 0 Å². The number of aliphatic imine (C=N–C) groups is 1. The van der Waals surface area contributed by atoms with Crippen molar-refractivity contribution in [3.8, 4) is 0 Å². The van der Waals surface area contributed by atoms with Crippen LogP contribution in [0.15, 0.2) is 63.8 Å². The van der Waals surface area contributed by atoms with Gasteiger partial charge in [-0.2, -0.15) is 5.11 Å². The van der Waals surface area contributed by atoms with E-state index < -0.39 is 0 Å². The molecule has 0 radical (unpaired) electrons. The van der Waals surface area contributed by atoms with E-state index in [0.29, 0.717) is 11.6 Å². The normalized spacial score (nSPS) is 18.7. The number of hydrogen-bond acceptors (Lipinski definition) is 5.